The Morgan fingerprint density at radius 3 is 2.26 bits per heavy atom. The summed E-state index contributed by atoms with van der Waals surface area (Å²) in [5, 5.41) is 3.39. The maximum atomic E-state index is 12.2. The average Bonchev–Trinajstić information content (AvgIpc) is 3.40. The monoisotopic (exact) mass is 610 g/mol. The number of methoxy groups -OCH3 is 2. The lowest BCUT2D eigenvalue weighted by atomic mass is 9.76. The van der Waals surface area contributed by atoms with Crippen molar-refractivity contribution in [2.24, 2.45) is 11.3 Å². The Kier molecular flexibility index (Phi) is 12.2. The van der Waals surface area contributed by atoms with E-state index in [1.54, 1.807) is 14.2 Å². The van der Waals surface area contributed by atoms with E-state index < -0.39 is 17.8 Å². The van der Waals surface area contributed by atoms with Gasteiger partial charge in [0.2, 0.25) is 5.91 Å². The van der Waals surface area contributed by atoms with Crippen LogP contribution >= 0.6 is 0 Å². The third-order valence-electron chi connectivity index (χ3n) is 9.90. The third kappa shape index (κ3) is 9.70. The molecule has 3 amide bonds. The molecule has 0 aromatic rings. The van der Waals surface area contributed by atoms with Crippen molar-refractivity contribution in [1.82, 2.24) is 10.4 Å². The average molecular weight is 611 g/mol. The number of carbonyl (C=O) groups excluding carboxylic acids is 4. The molecule has 0 aromatic heterocycles. The van der Waals surface area contributed by atoms with Crippen LogP contribution < -0.4 is 5.32 Å². The molecule has 3 rings (SSSR count). The zero-order valence-electron chi connectivity index (χ0n) is 27.4. The topological polar surface area (TPSA) is 130 Å². The minimum Gasteiger partial charge on any atom is -0.378 e. The fourth-order valence-corrected chi connectivity index (χ4v) is 7.16. The Balaban J connectivity index is 1.41. The van der Waals surface area contributed by atoms with E-state index in [-0.39, 0.29) is 72.3 Å². The van der Waals surface area contributed by atoms with Crippen LogP contribution in [0.2, 0.25) is 0 Å². The van der Waals surface area contributed by atoms with Crippen LogP contribution in [0.25, 0.3) is 0 Å². The molecule has 1 saturated carbocycles. The lowest BCUT2D eigenvalue weighted by molar-refractivity contribution is -0.197. The Bertz CT molecular complexity index is 991. The Labute approximate surface area is 257 Å². The maximum Gasteiger partial charge on any atom is 0.333 e. The van der Waals surface area contributed by atoms with E-state index >= 15 is 0 Å². The van der Waals surface area contributed by atoms with Crippen molar-refractivity contribution in [3.63, 3.8) is 0 Å². The second kappa shape index (κ2) is 14.8. The number of imide groups is 1. The number of ether oxygens (including phenoxy) is 4. The van der Waals surface area contributed by atoms with Crippen LogP contribution in [-0.2, 0) is 43.0 Å². The minimum absolute atomic E-state index is 0.00605. The number of hydrogen-bond acceptors (Lipinski definition) is 9. The molecule has 0 radical (unpaired) electrons. The number of hydroxylamine groups is 2. The molecule has 246 valence electrons. The molecule has 6 atom stereocenters. The van der Waals surface area contributed by atoms with Crippen LogP contribution in [-0.4, -0.2) is 85.6 Å². The highest BCUT2D eigenvalue weighted by Crippen LogP contribution is 2.55. The van der Waals surface area contributed by atoms with Crippen molar-refractivity contribution >= 4 is 23.7 Å². The summed E-state index contributed by atoms with van der Waals surface area (Å²) in [4.78, 5) is 52.0. The van der Waals surface area contributed by atoms with Gasteiger partial charge in [-0.1, -0.05) is 6.92 Å². The standard InChI is InChI=1S/C32H54N2O9/c1-23(41-18-9-17-33-25(35)10-8-11-28(38)43-34-26(36)12-13-27(34)37)24-20-29(2)14-15-30(3,39-6)22-31(4,40-7)16-19-42-32(24,5)21-29/h23-24H,8-22H2,1-7H3,(H,33,35)/t23-,24?,29?,30?,31?,32?/m1/s1. The number of nitrogens with one attached hydrogen (secondary N) is 1. The molecule has 3 fully saturated rings. The van der Waals surface area contributed by atoms with Gasteiger partial charge in [-0.2, -0.15) is 0 Å². The quantitative estimate of drug-likeness (QED) is 0.240. The molecule has 1 aliphatic carbocycles. The third-order valence-corrected chi connectivity index (χ3v) is 9.90. The van der Waals surface area contributed by atoms with Gasteiger partial charge in [0, 0.05) is 65.4 Å². The predicted molar refractivity (Wildman–Crippen MR) is 159 cm³/mol. The largest absolute Gasteiger partial charge is 0.378 e. The zero-order valence-corrected chi connectivity index (χ0v) is 27.4. The number of carbonyl (C=O) groups is 4. The number of hydrogen-bond donors (Lipinski definition) is 1. The summed E-state index contributed by atoms with van der Waals surface area (Å²) in [6.45, 7) is 12.7. The number of fused-ring (bicyclic) bond motifs is 2. The first-order chi connectivity index (χ1) is 20.2. The smallest absolute Gasteiger partial charge is 0.333 e. The summed E-state index contributed by atoms with van der Waals surface area (Å²) in [6, 6.07) is 0. The second-order valence-electron chi connectivity index (χ2n) is 13.9. The van der Waals surface area contributed by atoms with Gasteiger partial charge in [-0.05, 0) is 78.1 Å². The van der Waals surface area contributed by atoms with Gasteiger partial charge < -0.3 is 29.1 Å². The Hall–Kier alpha value is -2.08. The summed E-state index contributed by atoms with van der Waals surface area (Å²) in [7, 11) is 3.57. The van der Waals surface area contributed by atoms with E-state index in [1.807, 2.05) is 0 Å². The van der Waals surface area contributed by atoms with Crippen LogP contribution in [0.15, 0.2) is 0 Å². The fourth-order valence-electron chi connectivity index (χ4n) is 7.16. The first-order valence-corrected chi connectivity index (χ1v) is 15.8. The Morgan fingerprint density at radius 1 is 0.953 bits per heavy atom. The van der Waals surface area contributed by atoms with Gasteiger partial charge in [0.15, 0.2) is 0 Å². The van der Waals surface area contributed by atoms with Crippen LogP contribution in [0.4, 0.5) is 0 Å². The van der Waals surface area contributed by atoms with Crippen LogP contribution in [0, 0.1) is 11.3 Å². The first kappa shape index (κ1) is 35.4. The molecule has 43 heavy (non-hydrogen) atoms. The van der Waals surface area contributed by atoms with E-state index in [4.69, 9.17) is 23.8 Å². The van der Waals surface area contributed by atoms with Crippen molar-refractivity contribution in [2.75, 3.05) is 34.0 Å². The molecule has 5 unspecified atom stereocenters. The lowest BCUT2D eigenvalue weighted by Gasteiger charge is -2.40. The van der Waals surface area contributed by atoms with E-state index in [0.29, 0.717) is 31.2 Å². The second-order valence-corrected chi connectivity index (χ2v) is 13.9. The molecule has 3 aliphatic rings. The van der Waals surface area contributed by atoms with Crippen LogP contribution in [0.3, 0.4) is 0 Å². The van der Waals surface area contributed by atoms with E-state index in [2.05, 4.69) is 39.9 Å². The van der Waals surface area contributed by atoms with Crippen molar-refractivity contribution in [2.45, 2.75) is 135 Å². The van der Waals surface area contributed by atoms with Crippen LogP contribution in [0.5, 0.6) is 0 Å². The molecule has 0 aromatic carbocycles. The van der Waals surface area contributed by atoms with E-state index in [0.717, 1.165) is 38.5 Å². The molecule has 2 heterocycles. The zero-order chi connectivity index (χ0) is 31.9. The number of nitrogens with zero attached hydrogens (tertiary/aromatic N) is 1. The highest BCUT2D eigenvalue weighted by molar-refractivity contribution is 6.01. The van der Waals surface area contributed by atoms with Gasteiger partial charge in [-0.3, -0.25) is 14.4 Å². The predicted octanol–water partition coefficient (Wildman–Crippen LogP) is 4.25. The summed E-state index contributed by atoms with van der Waals surface area (Å²) in [6.07, 6.45) is 6.70. The first-order valence-electron chi connectivity index (χ1n) is 15.8. The normalized spacial score (nSPS) is 34.1. The van der Waals surface area contributed by atoms with Gasteiger partial charge in [0.25, 0.3) is 11.8 Å². The van der Waals surface area contributed by atoms with Gasteiger partial charge >= 0.3 is 5.97 Å². The molecule has 2 aliphatic heterocycles. The number of amides is 3. The molecule has 11 heteroatoms. The number of rotatable bonds is 13. The highest BCUT2D eigenvalue weighted by Gasteiger charge is 2.54. The summed E-state index contributed by atoms with van der Waals surface area (Å²) in [5.74, 6) is -1.67. The summed E-state index contributed by atoms with van der Waals surface area (Å²) < 4.78 is 25.0. The van der Waals surface area contributed by atoms with Gasteiger partial charge in [-0.15, -0.1) is 5.06 Å². The van der Waals surface area contributed by atoms with E-state index in [1.165, 1.54) is 0 Å². The van der Waals surface area contributed by atoms with Gasteiger partial charge in [-0.25, -0.2) is 4.79 Å². The molecule has 2 bridgehead atoms. The van der Waals surface area contributed by atoms with Crippen molar-refractivity contribution in [3.8, 4) is 0 Å². The van der Waals surface area contributed by atoms with E-state index in [9.17, 15) is 19.2 Å². The lowest BCUT2D eigenvalue weighted by Crippen LogP contribution is -2.43. The minimum atomic E-state index is -0.699. The maximum absolute atomic E-state index is 12.2. The van der Waals surface area contributed by atoms with Crippen molar-refractivity contribution in [3.05, 3.63) is 0 Å². The SMILES string of the molecule is COC1(C)CCOC2(C)CC(C)(CCC(C)(OC)C1)CC2[C@@H](C)OCCCNC(=O)CCCC(=O)ON1C(=O)CCC1=O. The molecule has 0 spiro atoms. The molecular weight excluding hydrogens is 556 g/mol. The van der Waals surface area contributed by atoms with Gasteiger partial charge in [0.05, 0.1) is 29.5 Å². The molecule has 2 saturated heterocycles. The molecule has 1 N–H and O–H groups in total. The van der Waals surface area contributed by atoms with Crippen molar-refractivity contribution < 1.29 is 43.0 Å². The Morgan fingerprint density at radius 2 is 1.60 bits per heavy atom. The molecule has 11 nitrogen and oxygen atoms in total. The fraction of sp³-hybridized carbons (Fsp3) is 0.875. The molecular formula is C32H54N2O9. The van der Waals surface area contributed by atoms with Crippen LogP contribution in [0.1, 0.15) is 112 Å². The van der Waals surface area contributed by atoms with Crippen molar-refractivity contribution in [1.29, 1.82) is 0 Å². The summed E-state index contributed by atoms with van der Waals surface area (Å²) in [5.41, 5.74) is -0.783. The summed E-state index contributed by atoms with van der Waals surface area (Å²) >= 11 is 0. The highest BCUT2D eigenvalue weighted by atomic mass is 16.7. The van der Waals surface area contributed by atoms with Gasteiger partial charge in [0.1, 0.15) is 0 Å².